The molecule has 94 valence electrons. The van der Waals surface area contributed by atoms with Crippen molar-refractivity contribution in [3.8, 4) is 0 Å². The first-order chi connectivity index (χ1) is 7.48. The van der Waals surface area contributed by atoms with Gasteiger partial charge in [0.15, 0.2) is 0 Å². The van der Waals surface area contributed by atoms with Gasteiger partial charge in [-0.2, -0.15) is 0 Å². The van der Waals surface area contributed by atoms with Crippen LogP contribution in [0.2, 0.25) is 0 Å². The van der Waals surface area contributed by atoms with Crippen LogP contribution in [-0.4, -0.2) is 5.66 Å². The molecule has 0 bridgehead atoms. The van der Waals surface area contributed by atoms with E-state index in [1.165, 1.54) is 44.1 Å². The lowest BCUT2D eigenvalue weighted by Gasteiger charge is -2.13. The number of allylic oxidation sites excluding steroid dienone is 2. The molecule has 0 aromatic heterocycles. The Bertz CT molecular complexity index is 240. The molecule has 0 aromatic rings. The average Bonchev–Trinajstić information content (AvgIpc) is 2.76. The van der Waals surface area contributed by atoms with Crippen molar-refractivity contribution in [1.82, 2.24) is 0 Å². The van der Waals surface area contributed by atoms with Crippen LogP contribution < -0.4 is 0 Å². The minimum absolute atomic E-state index is 0.675. The van der Waals surface area contributed by atoms with E-state index in [0.717, 1.165) is 11.6 Å². The normalized spacial score (nSPS) is 29.9. The van der Waals surface area contributed by atoms with Crippen LogP contribution in [0.3, 0.4) is 0 Å². The second kappa shape index (κ2) is 6.20. The molecule has 1 rings (SSSR count). The molecular formula is C15H29P. The first kappa shape index (κ1) is 14.2. The fourth-order valence-corrected chi connectivity index (χ4v) is 3.38. The van der Waals surface area contributed by atoms with Crippen molar-refractivity contribution in [2.45, 2.75) is 71.9 Å². The van der Waals surface area contributed by atoms with Gasteiger partial charge < -0.3 is 0 Å². The Kier molecular flexibility index (Phi) is 5.51. The lowest BCUT2D eigenvalue weighted by atomic mass is 9.96. The second-order valence-corrected chi connectivity index (χ2v) is 7.10. The molecule has 1 saturated carbocycles. The van der Waals surface area contributed by atoms with Crippen molar-refractivity contribution < 1.29 is 0 Å². The SMILES string of the molecule is CCCC(P)C[C@@H]1C[C@]1(C)CCC=C(C)C. The Labute approximate surface area is 104 Å². The summed E-state index contributed by atoms with van der Waals surface area (Å²) in [7, 11) is 3.04. The van der Waals surface area contributed by atoms with Crippen molar-refractivity contribution in [3.05, 3.63) is 11.6 Å². The maximum Gasteiger partial charge on any atom is -0.0261 e. The highest BCUT2D eigenvalue weighted by Crippen LogP contribution is 2.58. The van der Waals surface area contributed by atoms with Crippen LogP contribution in [0.15, 0.2) is 11.6 Å². The highest BCUT2D eigenvalue weighted by Gasteiger charge is 2.48. The summed E-state index contributed by atoms with van der Waals surface area (Å²) in [6.07, 6.45) is 10.7. The van der Waals surface area contributed by atoms with Crippen LogP contribution in [0, 0.1) is 11.3 Å². The van der Waals surface area contributed by atoms with Crippen LogP contribution in [-0.2, 0) is 0 Å². The third-order valence-corrected chi connectivity index (χ3v) is 4.66. The van der Waals surface area contributed by atoms with Crippen LogP contribution in [0.4, 0.5) is 0 Å². The van der Waals surface area contributed by atoms with Gasteiger partial charge in [-0.3, -0.25) is 0 Å². The minimum atomic E-state index is 0.675. The Balaban J connectivity index is 2.22. The van der Waals surface area contributed by atoms with E-state index in [-0.39, 0.29) is 0 Å². The summed E-state index contributed by atoms with van der Waals surface area (Å²) >= 11 is 0. The van der Waals surface area contributed by atoms with Gasteiger partial charge in [-0.05, 0) is 62.9 Å². The van der Waals surface area contributed by atoms with Crippen LogP contribution in [0.25, 0.3) is 0 Å². The summed E-state index contributed by atoms with van der Waals surface area (Å²) in [5.74, 6) is 1.01. The van der Waals surface area contributed by atoms with Gasteiger partial charge in [0.05, 0.1) is 0 Å². The summed E-state index contributed by atoms with van der Waals surface area (Å²) < 4.78 is 0. The fraction of sp³-hybridized carbons (Fsp3) is 0.867. The first-order valence-electron chi connectivity index (χ1n) is 6.87. The molecule has 4 atom stereocenters. The summed E-state index contributed by atoms with van der Waals surface area (Å²) in [6.45, 7) is 9.18. The molecule has 0 amide bonds. The standard InChI is InChI=1S/C15H29P/c1-5-7-14(16)10-13-11-15(13,4)9-6-8-12(2)3/h8,13-14H,5-7,9-11,16H2,1-4H3/t13-,14?,15+/m1/s1. The molecule has 0 nitrogen and oxygen atoms in total. The van der Waals surface area contributed by atoms with E-state index in [1.807, 2.05) is 0 Å². The van der Waals surface area contributed by atoms with Crippen molar-refractivity contribution in [1.29, 1.82) is 0 Å². The molecule has 1 aliphatic rings. The Morgan fingerprint density at radius 1 is 1.50 bits per heavy atom. The van der Waals surface area contributed by atoms with Crippen LogP contribution in [0.5, 0.6) is 0 Å². The van der Waals surface area contributed by atoms with E-state index < -0.39 is 0 Å². The van der Waals surface area contributed by atoms with E-state index in [1.54, 1.807) is 0 Å². The van der Waals surface area contributed by atoms with Crippen molar-refractivity contribution in [2.75, 3.05) is 0 Å². The third kappa shape index (κ3) is 4.58. The molecule has 1 fully saturated rings. The van der Waals surface area contributed by atoms with E-state index in [2.05, 4.69) is 43.0 Å². The summed E-state index contributed by atoms with van der Waals surface area (Å²) in [4.78, 5) is 0. The zero-order valence-electron chi connectivity index (χ0n) is 11.6. The molecule has 16 heavy (non-hydrogen) atoms. The average molecular weight is 240 g/mol. The zero-order valence-corrected chi connectivity index (χ0v) is 12.7. The van der Waals surface area contributed by atoms with Gasteiger partial charge in [-0.1, -0.05) is 31.9 Å². The fourth-order valence-electron chi connectivity index (χ4n) is 2.72. The lowest BCUT2D eigenvalue weighted by Crippen LogP contribution is -2.04. The Hall–Kier alpha value is 0.170. The molecule has 0 heterocycles. The van der Waals surface area contributed by atoms with E-state index >= 15 is 0 Å². The number of hydrogen-bond acceptors (Lipinski definition) is 0. The van der Waals surface area contributed by atoms with Crippen molar-refractivity contribution >= 4 is 9.24 Å². The van der Waals surface area contributed by atoms with E-state index in [4.69, 9.17) is 0 Å². The molecule has 2 unspecified atom stereocenters. The van der Waals surface area contributed by atoms with Gasteiger partial charge in [0, 0.05) is 0 Å². The summed E-state index contributed by atoms with van der Waals surface area (Å²) in [5, 5.41) is 0. The van der Waals surface area contributed by atoms with Gasteiger partial charge in [0.25, 0.3) is 0 Å². The molecule has 1 heteroatoms. The highest BCUT2D eigenvalue weighted by molar-refractivity contribution is 7.17. The van der Waals surface area contributed by atoms with Gasteiger partial charge >= 0.3 is 0 Å². The minimum Gasteiger partial charge on any atom is -0.134 e. The lowest BCUT2D eigenvalue weighted by molar-refractivity contribution is 0.443. The Morgan fingerprint density at radius 3 is 2.75 bits per heavy atom. The number of rotatable bonds is 7. The molecule has 1 aliphatic carbocycles. The maximum absolute atomic E-state index is 3.04. The molecule has 0 saturated heterocycles. The van der Waals surface area contributed by atoms with Gasteiger partial charge in [-0.15, -0.1) is 9.24 Å². The predicted octanol–water partition coefficient (Wildman–Crippen LogP) is 5.19. The van der Waals surface area contributed by atoms with Crippen LogP contribution >= 0.6 is 9.24 Å². The molecule has 0 spiro atoms. The third-order valence-electron chi connectivity index (χ3n) is 4.05. The topological polar surface area (TPSA) is 0 Å². The monoisotopic (exact) mass is 240 g/mol. The molecule has 0 aromatic carbocycles. The largest absolute Gasteiger partial charge is 0.134 e. The maximum atomic E-state index is 3.04. The predicted molar refractivity (Wildman–Crippen MR) is 77.9 cm³/mol. The number of hydrogen-bond donors (Lipinski definition) is 0. The zero-order chi connectivity index (χ0) is 12.2. The van der Waals surface area contributed by atoms with Crippen molar-refractivity contribution in [3.63, 3.8) is 0 Å². The van der Waals surface area contributed by atoms with Gasteiger partial charge in [0.1, 0.15) is 0 Å². The van der Waals surface area contributed by atoms with Gasteiger partial charge in [-0.25, -0.2) is 0 Å². The molecular weight excluding hydrogens is 211 g/mol. The van der Waals surface area contributed by atoms with Crippen molar-refractivity contribution in [2.24, 2.45) is 11.3 Å². The molecule has 0 radical (unpaired) electrons. The quantitative estimate of drug-likeness (QED) is 0.424. The van der Waals surface area contributed by atoms with Crippen LogP contribution in [0.1, 0.15) is 66.2 Å². The first-order valence-corrected chi connectivity index (χ1v) is 7.53. The summed E-state index contributed by atoms with van der Waals surface area (Å²) in [5.41, 5.74) is 3.00. The highest BCUT2D eigenvalue weighted by atomic mass is 31.0. The van der Waals surface area contributed by atoms with E-state index in [9.17, 15) is 0 Å². The summed E-state index contributed by atoms with van der Waals surface area (Å²) in [6, 6.07) is 0. The Morgan fingerprint density at radius 2 is 2.19 bits per heavy atom. The smallest absolute Gasteiger partial charge is 0.0261 e. The molecule has 0 N–H and O–H groups in total. The molecule has 0 aliphatic heterocycles. The van der Waals surface area contributed by atoms with Gasteiger partial charge in [0.2, 0.25) is 0 Å². The second-order valence-electron chi connectivity index (χ2n) is 6.16. The van der Waals surface area contributed by atoms with E-state index in [0.29, 0.717) is 5.41 Å².